The minimum atomic E-state index is 0.392. The van der Waals surface area contributed by atoms with Gasteiger partial charge in [-0.15, -0.1) is 0 Å². The molecule has 0 heteroatoms. The molecule has 44 heavy (non-hydrogen) atoms. The van der Waals surface area contributed by atoms with Gasteiger partial charge in [0, 0.05) is 5.92 Å². The quantitative estimate of drug-likeness (QED) is 0.204. The molecule has 4 aliphatic carbocycles. The molecule has 5 aromatic rings. The fraction of sp³-hybridized carbons (Fsp3) is 0.182. The van der Waals surface area contributed by atoms with Gasteiger partial charge in [0.05, 0.1) is 0 Å². The Bertz CT molecular complexity index is 2130. The van der Waals surface area contributed by atoms with E-state index in [0.29, 0.717) is 11.8 Å². The van der Waals surface area contributed by atoms with Crippen LogP contribution >= 0.6 is 0 Å². The van der Waals surface area contributed by atoms with E-state index < -0.39 is 0 Å². The Morgan fingerprint density at radius 2 is 1.39 bits per heavy atom. The van der Waals surface area contributed by atoms with Crippen LogP contribution in [0.5, 0.6) is 0 Å². The second-order valence-corrected chi connectivity index (χ2v) is 12.9. The van der Waals surface area contributed by atoms with Gasteiger partial charge in [-0.2, -0.15) is 0 Å². The third-order valence-corrected chi connectivity index (χ3v) is 10.5. The summed E-state index contributed by atoms with van der Waals surface area (Å²) in [6.45, 7) is 0. The fourth-order valence-corrected chi connectivity index (χ4v) is 8.43. The van der Waals surface area contributed by atoms with E-state index in [-0.39, 0.29) is 0 Å². The Balaban J connectivity index is 1.25. The molecule has 0 saturated carbocycles. The third-order valence-electron chi connectivity index (χ3n) is 10.5. The zero-order valence-electron chi connectivity index (χ0n) is 25.1. The van der Waals surface area contributed by atoms with E-state index >= 15 is 0 Å². The summed E-state index contributed by atoms with van der Waals surface area (Å²) >= 11 is 0. The first-order chi connectivity index (χ1) is 21.8. The first-order valence-electron chi connectivity index (χ1n) is 16.5. The highest BCUT2D eigenvalue weighted by Gasteiger charge is 2.32. The summed E-state index contributed by atoms with van der Waals surface area (Å²) in [6, 6.07) is 32.2. The largest absolute Gasteiger partial charge is 0.0842 e. The predicted molar refractivity (Wildman–Crippen MR) is 189 cm³/mol. The molecule has 0 heterocycles. The molecule has 212 valence electrons. The summed E-state index contributed by atoms with van der Waals surface area (Å²) in [7, 11) is 0. The molecule has 0 radical (unpaired) electrons. The molecule has 2 atom stereocenters. The van der Waals surface area contributed by atoms with Crippen LogP contribution in [-0.4, -0.2) is 0 Å². The van der Waals surface area contributed by atoms with Gasteiger partial charge in [0.15, 0.2) is 0 Å². The van der Waals surface area contributed by atoms with Crippen molar-refractivity contribution in [1.82, 2.24) is 0 Å². The number of aryl methyl sites for hydroxylation is 1. The predicted octanol–water partition coefficient (Wildman–Crippen LogP) is 11.7. The molecule has 0 fully saturated rings. The van der Waals surface area contributed by atoms with Crippen LogP contribution in [0.3, 0.4) is 0 Å². The van der Waals surface area contributed by atoms with Gasteiger partial charge in [0.25, 0.3) is 0 Å². The van der Waals surface area contributed by atoms with Crippen LogP contribution in [-0.2, 0) is 12.8 Å². The zero-order valence-corrected chi connectivity index (χ0v) is 25.1. The van der Waals surface area contributed by atoms with Crippen molar-refractivity contribution < 1.29 is 0 Å². The molecule has 4 aliphatic rings. The van der Waals surface area contributed by atoms with E-state index in [2.05, 4.69) is 134 Å². The monoisotopic (exact) mass is 564 g/mol. The number of rotatable bonds is 3. The number of allylic oxidation sites excluding steroid dienone is 8. The van der Waals surface area contributed by atoms with Crippen molar-refractivity contribution in [2.24, 2.45) is 5.92 Å². The summed E-state index contributed by atoms with van der Waals surface area (Å²) in [5.41, 5.74) is 14.4. The van der Waals surface area contributed by atoms with E-state index in [9.17, 15) is 0 Å². The lowest BCUT2D eigenvalue weighted by molar-refractivity contribution is 0.509. The molecule has 9 rings (SSSR count). The van der Waals surface area contributed by atoms with E-state index in [4.69, 9.17) is 0 Å². The molecular formula is C44H36. The Hall–Kier alpha value is -4.68. The summed E-state index contributed by atoms with van der Waals surface area (Å²) in [5, 5.41) is 5.40. The normalized spacial score (nSPS) is 20.2. The van der Waals surface area contributed by atoms with Gasteiger partial charge < -0.3 is 0 Å². The number of hydrogen-bond acceptors (Lipinski definition) is 0. The van der Waals surface area contributed by atoms with Crippen LogP contribution in [0.4, 0.5) is 0 Å². The SMILES string of the molecule is C1=Cc2cc(-c3c4c(c(C5=C6C=CCCC6C(c6ccc7ccccc7c6)C=C5)c5ccccc35)C=CCC4)ccc2CC1. The topological polar surface area (TPSA) is 0 Å². The highest BCUT2D eigenvalue weighted by atomic mass is 14.4. The fourth-order valence-electron chi connectivity index (χ4n) is 8.43. The Morgan fingerprint density at radius 3 is 2.32 bits per heavy atom. The van der Waals surface area contributed by atoms with Crippen molar-refractivity contribution >= 4 is 39.3 Å². The lowest BCUT2D eigenvalue weighted by Crippen LogP contribution is -2.20. The summed E-state index contributed by atoms with van der Waals surface area (Å²) in [4.78, 5) is 0. The maximum atomic E-state index is 2.52. The molecule has 0 bridgehead atoms. The van der Waals surface area contributed by atoms with Crippen LogP contribution in [0.25, 0.3) is 50.4 Å². The molecule has 0 aliphatic heterocycles. The second kappa shape index (κ2) is 10.5. The third kappa shape index (κ3) is 4.12. The van der Waals surface area contributed by atoms with E-state index in [1.807, 2.05) is 0 Å². The minimum absolute atomic E-state index is 0.392. The highest BCUT2D eigenvalue weighted by Crippen LogP contribution is 2.50. The standard InChI is InChI=1S/C44H36/c1-3-13-31-27-33(23-21-29(31)11-1)35-25-26-42(37-16-6-5-15-36(35)37)44-40-19-9-7-17-38(40)43(39-18-8-10-20-41(39)44)34-24-22-30-12-2-4-14-32(30)28-34/h1,3-4,6-7,9-11,13-14,16-17,19-28,35-36H,2,5,8,12,15,18H2. The zero-order chi connectivity index (χ0) is 29.0. The number of hydrogen-bond donors (Lipinski definition) is 0. The Labute approximate surface area is 260 Å². The molecule has 0 N–H and O–H groups in total. The van der Waals surface area contributed by atoms with Gasteiger partial charge in [-0.1, -0.05) is 127 Å². The summed E-state index contributed by atoms with van der Waals surface area (Å²) < 4.78 is 0. The van der Waals surface area contributed by atoms with Crippen LogP contribution in [0.2, 0.25) is 0 Å². The van der Waals surface area contributed by atoms with Gasteiger partial charge in [0.2, 0.25) is 0 Å². The highest BCUT2D eigenvalue weighted by molar-refractivity contribution is 6.09. The molecule has 0 aromatic heterocycles. The van der Waals surface area contributed by atoms with Gasteiger partial charge in [-0.3, -0.25) is 0 Å². The average Bonchev–Trinajstić information content (AvgIpc) is 3.10. The second-order valence-electron chi connectivity index (χ2n) is 12.9. The maximum absolute atomic E-state index is 2.52. The van der Waals surface area contributed by atoms with Crippen LogP contribution in [0.15, 0.2) is 127 Å². The molecule has 0 amide bonds. The minimum Gasteiger partial charge on any atom is -0.0842 e. The summed E-state index contributed by atoms with van der Waals surface area (Å²) in [6.07, 6.45) is 26.1. The van der Waals surface area contributed by atoms with Gasteiger partial charge in [0.1, 0.15) is 0 Å². The average molecular weight is 565 g/mol. The van der Waals surface area contributed by atoms with Crippen molar-refractivity contribution in [2.75, 3.05) is 0 Å². The lowest BCUT2D eigenvalue weighted by Gasteiger charge is -2.35. The smallest absolute Gasteiger partial charge is 0.00906 e. The first kappa shape index (κ1) is 25.8. The van der Waals surface area contributed by atoms with Crippen LogP contribution in [0.1, 0.15) is 65.0 Å². The molecule has 2 unspecified atom stereocenters. The number of fused-ring (bicyclic) bond motifs is 5. The van der Waals surface area contributed by atoms with Crippen LogP contribution < -0.4 is 0 Å². The Kier molecular flexibility index (Phi) is 6.15. The van der Waals surface area contributed by atoms with Gasteiger partial charge in [-0.25, -0.2) is 0 Å². The van der Waals surface area contributed by atoms with Crippen molar-refractivity contribution in [1.29, 1.82) is 0 Å². The molecular weight excluding hydrogens is 528 g/mol. The molecule has 0 nitrogen and oxygen atoms in total. The molecule has 0 spiro atoms. The van der Waals surface area contributed by atoms with E-state index in [1.165, 1.54) is 83.6 Å². The lowest BCUT2D eigenvalue weighted by atomic mass is 9.69. The number of benzene rings is 5. The van der Waals surface area contributed by atoms with Crippen molar-refractivity contribution in [3.8, 4) is 11.1 Å². The molecule has 5 aromatic carbocycles. The summed E-state index contributed by atoms with van der Waals surface area (Å²) in [5.74, 6) is 0.874. The van der Waals surface area contributed by atoms with Gasteiger partial charge in [-0.05, 0) is 128 Å². The Morgan fingerprint density at radius 1 is 0.591 bits per heavy atom. The first-order valence-corrected chi connectivity index (χ1v) is 16.5. The van der Waals surface area contributed by atoms with Crippen LogP contribution in [0, 0.1) is 5.92 Å². The van der Waals surface area contributed by atoms with Crippen molar-refractivity contribution in [2.45, 2.75) is 44.4 Å². The van der Waals surface area contributed by atoms with Crippen molar-refractivity contribution in [3.05, 3.63) is 160 Å². The maximum Gasteiger partial charge on any atom is 0.00906 e. The van der Waals surface area contributed by atoms with Gasteiger partial charge >= 0.3 is 0 Å². The van der Waals surface area contributed by atoms with Crippen molar-refractivity contribution in [3.63, 3.8) is 0 Å². The van der Waals surface area contributed by atoms with E-state index in [0.717, 1.165) is 32.1 Å². The van der Waals surface area contributed by atoms with E-state index in [1.54, 1.807) is 0 Å². The molecule has 0 saturated heterocycles.